The minimum absolute atomic E-state index is 0.0667. The Bertz CT molecular complexity index is 294. The van der Waals surface area contributed by atoms with E-state index in [-0.39, 0.29) is 22.4 Å². The molecule has 0 aromatic carbocycles. The first kappa shape index (κ1) is 15.3. The fourth-order valence-corrected chi connectivity index (χ4v) is 2.21. The maximum atomic E-state index is 11.7. The van der Waals surface area contributed by atoms with Crippen molar-refractivity contribution in [3.05, 3.63) is 10.4 Å². The Balaban J connectivity index is 4.56. The van der Waals surface area contributed by atoms with E-state index >= 15 is 0 Å². The minimum Gasteiger partial charge on any atom is -0.477 e. The summed E-state index contributed by atoms with van der Waals surface area (Å²) in [5.41, 5.74) is 0. The first-order chi connectivity index (χ1) is 7.27. The number of carboxylic acid groups (broad SMARTS) is 1. The van der Waals surface area contributed by atoms with Gasteiger partial charge in [0.25, 0.3) is 5.24 Å². The predicted octanol–water partition coefficient (Wildman–Crippen LogP) is 3.12. The van der Waals surface area contributed by atoms with E-state index in [1.165, 1.54) is 0 Å². The molecule has 0 aromatic rings. The Hall–Kier alpha value is -0.680. The van der Waals surface area contributed by atoms with Crippen LogP contribution in [0.3, 0.4) is 0 Å². The smallest absolute Gasteiger partial charge is 0.347 e. The third-order valence-electron chi connectivity index (χ3n) is 1.79. The van der Waals surface area contributed by atoms with Gasteiger partial charge in [-0.1, -0.05) is 11.6 Å². The molecule has 0 atom stereocenters. The summed E-state index contributed by atoms with van der Waals surface area (Å²) in [5, 5.41) is 9.10. The highest BCUT2D eigenvalue weighted by Crippen LogP contribution is 2.19. The predicted molar refractivity (Wildman–Crippen MR) is 66.7 cm³/mol. The third-order valence-corrected chi connectivity index (χ3v) is 2.96. The largest absolute Gasteiger partial charge is 0.477 e. The number of nitrogens with zero attached hydrogens (tertiary/aromatic N) is 1. The SMILES string of the molecule is CC(C)N(C(=O)S/C=C(\Cl)C(=O)O)C(C)C. The van der Waals surface area contributed by atoms with Gasteiger partial charge in [-0.3, -0.25) is 4.79 Å². The molecule has 4 nitrogen and oxygen atoms in total. The highest BCUT2D eigenvalue weighted by molar-refractivity contribution is 8.16. The molecule has 0 fully saturated rings. The van der Waals surface area contributed by atoms with Crippen molar-refractivity contribution >= 4 is 34.6 Å². The van der Waals surface area contributed by atoms with E-state index in [0.29, 0.717) is 0 Å². The van der Waals surface area contributed by atoms with Crippen molar-refractivity contribution in [2.24, 2.45) is 0 Å². The lowest BCUT2D eigenvalue weighted by molar-refractivity contribution is -0.131. The van der Waals surface area contributed by atoms with Gasteiger partial charge in [0.1, 0.15) is 5.03 Å². The molecule has 1 N–H and O–H groups in total. The molecule has 16 heavy (non-hydrogen) atoms. The molecular formula is C10H16ClNO3S. The van der Waals surface area contributed by atoms with Crippen LogP contribution in [0, 0.1) is 0 Å². The van der Waals surface area contributed by atoms with Gasteiger partial charge in [0.05, 0.1) is 0 Å². The van der Waals surface area contributed by atoms with E-state index in [4.69, 9.17) is 16.7 Å². The summed E-state index contributed by atoms with van der Waals surface area (Å²) in [7, 11) is 0. The lowest BCUT2D eigenvalue weighted by Crippen LogP contribution is -2.39. The van der Waals surface area contributed by atoms with Gasteiger partial charge in [-0.05, 0) is 39.5 Å². The van der Waals surface area contributed by atoms with Crippen LogP contribution in [-0.4, -0.2) is 33.3 Å². The molecule has 0 aromatic heterocycles. The van der Waals surface area contributed by atoms with Crippen LogP contribution in [0.5, 0.6) is 0 Å². The molecule has 1 amide bonds. The summed E-state index contributed by atoms with van der Waals surface area (Å²) >= 11 is 6.18. The molecule has 0 unspecified atom stereocenters. The summed E-state index contributed by atoms with van der Waals surface area (Å²) < 4.78 is 0. The Morgan fingerprint density at radius 1 is 1.25 bits per heavy atom. The minimum atomic E-state index is -1.23. The van der Waals surface area contributed by atoms with Crippen molar-refractivity contribution in [1.29, 1.82) is 0 Å². The molecular weight excluding hydrogens is 250 g/mol. The number of halogens is 1. The van der Waals surface area contributed by atoms with Gasteiger partial charge in [0, 0.05) is 17.5 Å². The number of carbonyl (C=O) groups is 2. The van der Waals surface area contributed by atoms with Crippen molar-refractivity contribution in [3.8, 4) is 0 Å². The van der Waals surface area contributed by atoms with Crippen molar-refractivity contribution < 1.29 is 14.7 Å². The van der Waals surface area contributed by atoms with Crippen LogP contribution in [-0.2, 0) is 4.79 Å². The second-order valence-corrected chi connectivity index (χ2v) is 4.98. The number of hydrogen-bond donors (Lipinski definition) is 1. The fourth-order valence-electron chi connectivity index (χ4n) is 1.23. The monoisotopic (exact) mass is 265 g/mol. The fraction of sp³-hybridized carbons (Fsp3) is 0.600. The maximum absolute atomic E-state index is 11.7. The van der Waals surface area contributed by atoms with Crippen LogP contribution in [0.2, 0.25) is 0 Å². The Labute approximate surface area is 105 Å². The summed E-state index contributed by atoms with van der Waals surface area (Å²) in [6.07, 6.45) is 0. The van der Waals surface area contributed by atoms with Crippen molar-refractivity contribution in [1.82, 2.24) is 4.90 Å². The average Bonchev–Trinajstić information content (AvgIpc) is 2.12. The summed E-state index contributed by atoms with van der Waals surface area (Å²) in [6.45, 7) is 7.61. The molecule has 0 aliphatic rings. The maximum Gasteiger partial charge on any atom is 0.347 e. The van der Waals surface area contributed by atoms with E-state index in [1.54, 1.807) is 4.90 Å². The van der Waals surface area contributed by atoms with E-state index < -0.39 is 5.97 Å². The van der Waals surface area contributed by atoms with Gasteiger partial charge in [-0.15, -0.1) is 0 Å². The molecule has 92 valence electrons. The zero-order chi connectivity index (χ0) is 12.9. The molecule has 0 spiro atoms. The molecule has 0 bridgehead atoms. The zero-order valence-electron chi connectivity index (χ0n) is 9.73. The van der Waals surface area contributed by atoms with Crippen LogP contribution in [0.4, 0.5) is 4.79 Å². The van der Waals surface area contributed by atoms with Gasteiger partial charge < -0.3 is 10.0 Å². The van der Waals surface area contributed by atoms with E-state index in [0.717, 1.165) is 17.2 Å². The number of amides is 1. The summed E-state index contributed by atoms with van der Waals surface area (Å²) in [5.74, 6) is -1.23. The van der Waals surface area contributed by atoms with Gasteiger partial charge >= 0.3 is 5.97 Å². The van der Waals surface area contributed by atoms with Gasteiger partial charge in [-0.25, -0.2) is 4.79 Å². The Morgan fingerprint density at radius 3 is 2.00 bits per heavy atom. The second-order valence-electron chi connectivity index (χ2n) is 3.75. The molecule has 0 radical (unpaired) electrons. The Morgan fingerprint density at radius 2 is 1.69 bits per heavy atom. The number of aliphatic carboxylic acids is 1. The topological polar surface area (TPSA) is 57.6 Å². The van der Waals surface area contributed by atoms with Gasteiger partial charge in [0.2, 0.25) is 0 Å². The molecule has 0 heterocycles. The lowest BCUT2D eigenvalue weighted by atomic mass is 10.2. The average molecular weight is 266 g/mol. The normalized spacial score (nSPS) is 12.1. The first-order valence-corrected chi connectivity index (χ1v) is 6.11. The van der Waals surface area contributed by atoms with Crippen LogP contribution in [0.25, 0.3) is 0 Å². The van der Waals surface area contributed by atoms with Crippen molar-refractivity contribution in [3.63, 3.8) is 0 Å². The quantitative estimate of drug-likeness (QED) is 0.794. The van der Waals surface area contributed by atoms with Gasteiger partial charge in [0.15, 0.2) is 0 Å². The molecule has 0 aliphatic heterocycles. The van der Waals surface area contributed by atoms with Crippen molar-refractivity contribution in [2.75, 3.05) is 0 Å². The number of carboxylic acids is 1. The number of carbonyl (C=O) groups excluding carboxylic acids is 1. The van der Waals surface area contributed by atoms with E-state index in [2.05, 4.69) is 0 Å². The lowest BCUT2D eigenvalue weighted by Gasteiger charge is -2.29. The van der Waals surface area contributed by atoms with Crippen molar-refractivity contribution in [2.45, 2.75) is 39.8 Å². The van der Waals surface area contributed by atoms with Crippen LogP contribution in [0.15, 0.2) is 10.4 Å². The van der Waals surface area contributed by atoms with Gasteiger partial charge in [-0.2, -0.15) is 0 Å². The molecule has 0 rings (SSSR count). The Kier molecular flexibility index (Phi) is 6.52. The molecule has 0 aliphatic carbocycles. The highest BCUT2D eigenvalue weighted by atomic mass is 35.5. The summed E-state index contributed by atoms with van der Waals surface area (Å²) in [4.78, 5) is 23.8. The number of rotatable bonds is 4. The highest BCUT2D eigenvalue weighted by Gasteiger charge is 2.20. The number of thioether (sulfide) groups is 1. The second kappa shape index (κ2) is 6.81. The van der Waals surface area contributed by atoms with Crippen LogP contribution in [0.1, 0.15) is 27.7 Å². The van der Waals surface area contributed by atoms with E-state index in [9.17, 15) is 9.59 Å². The van der Waals surface area contributed by atoms with E-state index in [1.807, 2.05) is 27.7 Å². The summed E-state index contributed by atoms with van der Waals surface area (Å²) in [6, 6.07) is 0.133. The first-order valence-electron chi connectivity index (χ1n) is 4.85. The molecule has 0 saturated heterocycles. The zero-order valence-corrected chi connectivity index (χ0v) is 11.3. The van der Waals surface area contributed by atoms with Crippen LogP contribution < -0.4 is 0 Å². The van der Waals surface area contributed by atoms with Crippen LogP contribution >= 0.6 is 23.4 Å². The standard InChI is InChI=1S/C10H16ClNO3S/c1-6(2)12(7(3)4)10(15)16-5-8(11)9(13)14/h5-7H,1-4H3,(H,13,14)/b8-5-. The number of hydrogen-bond acceptors (Lipinski definition) is 3. The third kappa shape index (κ3) is 4.90. The molecule has 6 heteroatoms. The molecule has 0 saturated carbocycles.